The summed E-state index contributed by atoms with van der Waals surface area (Å²) < 4.78 is 37.0. The van der Waals surface area contributed by atoms with E-state index in [0.717, 1.165) is 30.7 Å². The number of halogens is 3. The Hall–Kier alpha value is -1.03. The van der Waals surface area contributed by atoms with Gasteiger partial charge in [0.05, 0.1) is 5.56 Å². The second kappa shape index (κ2) is 5.34. The summed E-state index contributed by atoms with van der Waals surface area (Å²) in [7, 11) is 1.84. The standard InChI is InChI=1S/C12H16F3N/c1-3-9(8-16-2)10-4-6-11(7-5-10)12(13,14)15/h4-7,9,16H,3,8H2,1-2H3. The van der Waals surface area contributed by atoms with Gasteiger partial charge in [0.15, 0.2) is 0 Å². The number of hydrogen-bond donors (Lipinski definition) is 1. The van der Waals surface area contributed by atoms with Gasteiger partial charge >= 0.3 is 6.18 Å². The Kier molecular flexibility index (Phi) is 4.35. The number of rotatable bonds is 4. The molecule has 1 aromatic rings. The molecular weight excluding hydrogens is 215 g/mol. The Morgan fingerprint density at radius 3 is 2.12 bits per heavy atom. The van der Waals surface area contributed by atoms with Crippen molar-refractivity contribution in [2.24, 2.45) is 0 Å². The van der Waals surface area contributed by atoms with Crippen LogP contribution in [0.1, 0.15) is 30.4 Å². The Labute approximate surface area is 93.7 Å². The van der Waals surface area contributed by atoms with E-state index in [9.17, 15) is 13.2 Å². The molecule has 0 aliphatic carbocycles. The first-order valence-corrected chi connectivity index (χ1v) is 5.30. The van der Waals surface area contributed by atoms with Crippen LogP contribution >= 0.6 is 0 Å². The Morgan fingerprint density at radius 1 is 1.19 bits per heavy atom. The zero-order chi connectivity index (χ0) is 12.2. The van der Waals surface area contributed by atoms with Crippen molar-refractivity contribution in [1.29, 1.82) is 0 Å². The van der Waals surface area contributed by atoms with E-state index in [1.165, 1.54) is 0 Å². The lowest BCUT2D eigenvalue weighted by atomic mass is 9.95. The van der Waals surface area contributed by atoms with Gasteiger partial charge in [0.1, 0.15) is 0 Å². The zero-order valence-corrected chi connectivity index (χ0v) is 9.43. The summed E-state index contributed by atoms with van der Waals surface area (Å²) in [5.41, 5.74) is 0.361. The van der Waals surface area contributed by atoms with E-state index < -0.39 is 11.7 Å². The van der Waals surface area contributed by atoms with Gasteiger partial charge in [0.25, 0.3) is 0 Å². The molecule has 1 unspecified atom stereocenters. The molecule has 1 nitrogen and oxygen atoms in total. The van der Waals surface area contributed by atoms with Gasteiger partial charge in [-0.25, -0.2) is 0 Å². The summed E-state index contributed by atoms with van der Waals surface area (Å²) in [6.45, 7) is 2.81. The number of alkyl halides is 3. The van der Waals surface area contributed by atoms with E-state index in [1.807, 2.05) is 14.0 Å². The molecule has 1 rings (SSSR count). The predicted octanol–water partition coefficient (Wildman–Crippen LogP) is 3.42. The minimum Gasteiger partial charge on any atom is -0.319 e. The van der Waals surface area contributed by atoms with Gasteiger partial charge in [-0.2, -0.15) is 13.2 Å². The summed E-state index contributed by atoms with van der Waals surface area (Å²) in [4.78, 5) is 0. The first-order chi connectivity index (χ1) is 7.49. The van der Waals surface area contributed by atoms with E-state index in [2.05, 4.69) is 5.32 Å². The van der Waals surface area contributed by atoms with Crippen molar-refractivity contribution in [2.75, 3.05) is 13.6 Å². The summed E-state index contributed by atoms with van der Waals surface area (Å²) in [6.07, 6.45) is -3.34. The summed E-state index contributed by atoms with van der Waals surface area (Å²) in [5, 5.41) is 3.04. The predicted molar refractivity (Wildman–Crippen MR) is 58.4 cm³/mol. The molecule has 0 aliphatic rings. The van der Waals surface area contributed by atoms with E-state index in [1.54, 1.807) is 12.1 Å². The number of hydrogen-bond acceptors (Lipinski definition) is 1. The Balaban J connectivity index is 2.85. The van der Waals surface area contributed by atoms with Crippen molar-refractivity contribution in [3.63, 3.8) is 0 Å². The maximum Gasteiger partial charge on any atom is 0.416 e. The van der Waals surface area contributed by atoms with Gasteiger partial charge in [0.2, 0.25) is 0 Å². The van der Waals surface area contributed by atoms with E-state index in [0.29, 0.717) is 0 Å². The topological polar surface area (TPSA) is 12.0 Å². The van der Waals surface area contributed by atoms with Gasteiger partial charge in [0, 0.05) is 6.54 Å². The normalized spacial score (nSPS) is 13.8. The third-order valence-corrected chi connectivity index (χ3v) is 2.65. The molecule has 0 radical (unpaired) electrons. The summed E-state index contributed by atoms with van der Waals surface area (Å²) in [5.74, 6) is 0.271. The average molecular weight is 231 g/mol. The van der Waals surface area contributed by atoms with Crippen molar-refractivity contribution in [3.8, 4) is 0 Å². The molecule has 0 amide bonds. The first-order valence-electron chi connectivity index (χ1n) is 5.30. The smallest absolute Gasteiger partial charge is 0.319 e. The molecule has 0 spiro atoms. The highest BCUT2D eigenvalue weighted by atomic mass is 19.4. The molecule has 0 bridgehead atoms. The van der Waals surface area contributed by atoms with Crippen molar-refractivity contribution < 1.29 is 13.2 Å². The maximum absolute atomic E-state index is 12.3. The summed E-state index contributed by atoms with van der Waals surface area (Å²) >= 11 is 0. The maximum atomic E-state index is 12.3. The van der Waals surface area contributed by atoms with Crippen molar-refractivity contribution in [2.45, 2.75) is 25.4 Å². The molecule has 1 atom stereocenters. The largest absolute Gasteiger partial charge is 0.416 e. The molecule has 0 aromatic heterocycles. The quantitative estimate of drug-likeness (QED) is 0.837. The fourth-order valence-corrected chi connectivity index (χ4v) is 1.69. The van der Waals surface area contributed by atoms with Crippen molar-refractivity contribution in [3.05, 3.63) is 35.4 Å². The second-order valence-electron chi connectivity index (χ2n) is 3.78. The Morgan fingerprint density at radius 2 is 1.75 bits per heavy atom. The highest BCUT2D eigenvalue weighted by Gasteiger charge is 2.30. The van der Waals surface area contributed by atoms with E-state index in [-0.39, 0.29) is 5.92 Å². The van der Waals surface area contributed by atoms with Crippen LogP contribution in [0.5, 0.6) is 0 Å². The first kappa shape index (κ1) is 13.0. The minimum absolute atomic E-state index is 0.271. The fourth-order valence-electron chi connectivity index (χ4n) is 1.69. The lowest BCUT2D eigenvalue weighted by Gasteiger charge is -2.15. The van der Waals surface area contributed by atoms with Crippen LogP contribution in [-0.2, 0) is 6.18 Å². The lowest BCUT2D eigenvalue weighted by Crippen LogP contribution is -2.16. The van der Waals surface area contributed by atoms with Gasteiger partial charge in [-0.05, 0) is 37.1 Å². The van der Waals surface area contributed by atoms with Crippen LogP contribution in [0.25, 0.3) is 0 Å². The molecule has 0 saturated heterocycles. The van der Waals surface area contributed by atoms with Crippen LogP contribution in [0.2, 0.25) is 0 Å². The van der Waals surface area contributed by atoms with Gasteiger partial charge in [-0.3, -0.25) is 0 Å². The van der Waals surface area contributed by atoms with Gasteiger partial charge in [-0.15, -0.1) is 0 Å². The van der Waals surface area contributed by atoms with Crippen LogP contribution < -0.4 is 5.32 Å². The van der Waals surface area contributed by atoms with Crippen LogP contribution in [0, 0.1) is 0 Å². The van der Waals surface area contributed by atoms with Crippen molar-refractivity contribution >= 4 is 0 Å². The Bertz CT molecular complexity index is 316. The molecule has 0 fully saturated rings. The van der Waals surface area contributed by atoms with E-state index in [4.69, 9.17) is 0 Å². The van der Waals surface area contributed by atoms with Crippen LogP contribution in [0.15, 0.2) is 24.3 Å². The molecule has 1 N–H and O–H groups in total. The molecule has 16 heavy (non-hydrogen) atoms. The minimum atomic E-state index is -4.25. The van der Waals surface area contributed by atoms with Crippen LogP contribution in [0.4, 0.5) is 13.2 Å². The summed E-state index contributed by atoms with van der Waals surface area (Å²) in [6, 6.07) is 5.42. The average Bonchev–Trinajstić information content (AvgIpc) is 2.25. The number of likely N-dealkylation sites (N-methyl/N-ethyl adjacent to an activating group) is 1. The van der Waals surface area contributed by atoms with E-state index >= 15 is 0 Å². The number of nitrogens with one attached hydrogen (secondary N) is 1. The molecule has 0 heterocycles. The molecule has 4 heteroatoms. The molecular formula is C12H16F3N. The molecule has 90 valence electrons. The van der Waals surface area contributed by atoms with Crippen LogP contribution in [-0.4, -0.2) is 13.6 Å². The molecule has 0 aliphatic heterocycles. The second-order valence-corrected chi connectivity index (χ2v) is 3.78. The SMILES string of the molecule is CCC(CNC)c1ccc(C(F)(F)F)cc1. The van der Waals surface area contributed by atoms with Crippen molar-refractivity contribution in [1.82, 2.24) is 5.32 Å². The molecule has 1 aromatic carbocycles. The third kappa shape index (κ3) is 3.23. The highest BCUT2D eigenvalue weighted by molar-refractivity contribution is 5.27. The van der Waals surface area contributed by atoms with Gasteiger partial charge in [-0.1, -0.05) is 19.1 Å². The highest BCUT2D eigenvalue weighted by Crippen LogP contribution is 2.30. The monoisotopic (exact) mass is 231 g/mol. The molecule has 0 saturated carbocycles. The van der Waals surface area contributed by atoms with Gasteiger partial charge < -0.3 is 5.32 Å². The lowest BCUT2D eigenvalue weighted by molar-refractivity contribution is -0.137. The fraction of sp³-hybridized carbons (Fsp3) is 0.500. The number of benzene rings is 1. The third-order valence-electron chi connectivity index (χ3n) is 2.65. The zero-order valence-electron chi connectivity index (χ0n) is 9.43. The van der Waals surface area contributed by atoms with Crippen LogP contribution in [0.3, 0.4) is 0 Å².